The van der Waals surface area contributed by atoms with E-state index in [2.05, 4.69) is 10.5 Å². The Morgan fingerprint density at radius 2 is 1.53 bits per heavy atom. The number of carbonyl (C=O) groups is 1. The van der Waals surface area contributed by atoms with E-state index in [0.29, 0.717) is 11.5 Å². The fourth-order valence-electron chi connectivity index (χ4n) is 3.88. The molecule has 0 saturated carbocycles. The molecule has 0 aliphatic carbocycles. The summed E-state index contributed by atoms with van der Waals surface area (Å²) in [7, 11) is 0. The van der Waals surface area contributed by atoms with Gasteiger partial charge in [0.25, 0.3) is 5.91 Å². The predicted octanol–water partition coefficient (Wildman–Crippen LogP) is 6.24. The van der Waals surface area contributed by atoms with Crippen LogP contribution in [-0.4, -0.2) is 18.7 Å². The number of fused-ring (bicyclic) bond motifs is 2. The second-order valence-electron chi connectivity index (χ2n) is 8.20. The highest BCUT2D eigenvalue weighted by molar-refractivity contribution is 6.02. The lowest BCUT2D eigenvalue weighted by Crippen LogP contribution is -2.24. The van der Waals surface area contributed by atoms with Gasteiger partial charge >= 0.3 is 0 Å². The highest BCUT2D eigenvalue weighted by Crippen LogP contribution is 2.27. The van der Waals surface area contributed by atoms with Gasteiger partial charge in [-0.05, 0) is 57.4 Å². The minimum absolute atomic E-state index is 0.168. The summed E-state index contributed by atoms with van der Waals surface area (Å²) in [4.78, 5) is 12.3. The number of hydrazone groups is 1. The Balaban J connectivity index is 1.27. The highest BCUT2D eigenvalue weighted by atomic mass is 19.1. The number of benzene rings is 5. The summed E-state index contributed by atoms with van der Waals surface area (Å²) in [5.74, 6) is 0.535. The molecule has 1 amide bonds. The van der Waals surface area contributed by atoms with Crippen LogP contribution in [0.3, 0.4) is 0 Å². The molecule has 0 saturated heterocycles. The minimum Gasteiger partial charge on any atom is -0.488 e. The summed E-state index contributed by atoms with van der Waals surface area (Å²) in [6, 6.07) is 31.4. The Hall–Kier alpha value is -4.71. The first-order chi connectivity index (χ1) is 17.7. The zero-order valence-electron chi connectivity index (χ0n) is 19.4. The van der Waals surface area contributed by atoms with Crippen molar-refractivity contribution in [2.45, 2.75) is 6.61 Å². The molecule has 0 heterocycles. The molecule has 5 aromatic carbocycles. The van der Waals surface area contributed by atoms with E-state index in [4.69, 9.17) is 9.47 Å². The molecule has 0 atom stereocenters. The van der Waals surface area contributed by atoms with Gasteiger partial charge in [-0.25, -0.2) is 9.82 Å². The van der Waals surface area contributed by atoms with Crippen molar-refractivity contribution in [3.63, 3.8) is 0 Å². The summed E-state index contributed by atoms with van der Waals surface area (Å²) in [6.45, 7) is 0.102. The smallest absolute Gasteiger partial charge is 0.277 e. The molecule has 0 bridgehead atoms. The van der Waals surface area contributed by atoms with Crippen LogP contribution in [0.25, 0.3) is 21.5 Å². The Morgan fingerprint density at radius 3 is 2.36 bits per heavy atom. The van der Waals surface area contributed by atoms with E-state index in [1.54, 1.807) is 18.3 Å². The van der Waals surface area contributed by atoms with Crippen molar-refractivity contribution < 1.29 is 18.7 Å². The van der Waals surface area contributed by atoms with Crippen molar-refractivity contribution in [2.24, 2.45) is 5.10 Å². The lowest BCUT2D eigenvalue weighted by Gasteiger charge is -2.12. The molecule has 6 heteroatoms. The second kappa shape index (κ2) is 10.7. The number of hydrogen-bond donors (Lipinski definition) is 1. The predicted molar refractivity (Wildman–Crippen MR) is 140 cm³/mol. The summed E-state index contributed by atoms with van der Waals surface area (Å²) < 4.78 is 24.9. The SMILES string of the molecule is O=C(COc1ccc2ccccc2c1)N/N=C\c1c(OCc2ccc(F)cc2)ccc2ccccc12. The van der Waals surface area contributed by atoms with E-state index in [0.717, 1.165) is 32.7 Å². The molecule has 5 nitrogen and oxygen atoms in total. The minimum atomic E-state index is -0.381. The van der Waals surface area contributed by atoms with Crippen molar-refractivity contribution in [3.05, 3.63) is 120 Å². The van der Waals surface area contributed by atoms with E-state index in [-0.39, 0.29) is 24.9 Å². The lowest BCUT2D eigenvalue weighted by atomic mass is 10.0. The quantitative estimate of drug-likeness (QED) is 0.212. The molecule has 1 N–H and O–H groups in total. The molecule has 0 aliphatic rings. The Bertz CT molecular complexity index is 1550. The summed E-state index contributed by atoms with van der Waals surface area (Å²) in [5.41, 5.74) is 4.09. The van der Waals surface area contributed by atoms with Crippen molar-refractivity contribution >= 4 is 33.7 Å². The Labute approximate surface area is 207 Å². The van der Waals surface area contributed by atoms with Crippen LogP contribution in [0.15, 0.2) is 108 Å². The molecule has 36 heavy (non-hydrogen) atoms. The van der Waals surface area contributed by atoms with Gasteiger partial charge in [-0.15, -0.1) is 0 Å². The number of ether oxygens (including phenoxy) is 2. The van der Waals surface area contributed by atoms with Crippen LogP contribution >= 0.6 is 0 Å². The van der Waals surface area contributed by atoms with Gasteiger partial charge in [0.2, 0.25) is 0 Å². The van der Waals surface area contributed by atoms with E-state index < -0.39 is 0 Å². The molecule has 0 aromatic heterocycles. The van der Waals surface area contributed by atoms with Crippen LogP contribution in [0, 0.1) is 5.82 Å². The van der Waals surface area contributed by atoms with Crippen LogP contribution in [0.1, 0.15) is 11.1 Å². The number of carbonyl (C=O) groups excluding carboxylic acids is 1. The van der Waals surface area contributed by atoms with Crippen molar-refractivity contribution in [1.82, 2.24) is 5.43 Å². The number of nitrogens with one attached hydrogen (secondary N) is 1. The Morgan fingerprint density at radius 1 is 0.806 bits per heavy atom. The monoisotopic (exact) mass is 478 g/mol. The fraction of sp³-hybridized carbons (Fsp3) is 0.0667. The van der Waals surface area contributed by atoms with Gasteiger partial charge in [0.1, 0.15) is 23.9 Å². The first-order valence-electron chi connectivity index (χ1n) is 11.5. The van der Waals surface area contributed by atoms with E-state index in [1.165, 1.54) is 12.1 Å². The molecule has 0 unspecified atom stereocenters. The van der Waals surface area contributed by atoms with E-state index in [1.807, 2.05) is 78.9 Å². The highest BCUT2D eigenvalue weighted by Gasteiger charge is 2.09. The van der Waals surface area contributed by atoms with Gasteiger partial charge in [0.05, 0.1) is 6.21 Å². The molecule has 0 aliphatic heterocycles. The van der Waals surface area contributed by atoms with Crippen molar-refractivity contribution in [1.29, 1.82) is 0 Å². The van der Waals surface area contributed by atoms with Gasteiger partial charge in [-0.2, -0.15) is 5.10 Å². The number of halogens is 1. The van der Waals surface area contributed by atoms with Crippen LogP contribution in [0.2, 0.25) is 0 Å². The second-order valence-corrected chi connectivity index (χ2v) is 8.20. The molecular weight excluding hydrogens is 455 g/mol. The van der Waals surface area contributed by atoms with Gasteiger partial charge in [0, 0.05) is 5.56 Å². The third kappa shape index (κ3) is 5.50. The third-order valence-electron chi connectivity index (χ3n) is 5.71. The normalized spacial score (nSPS) is 11.1. The molecule has 5 aromatic rings. The van der Waals surface area contributed by atoms with Gasteiger partial charge in [-0.1, -0.05) is 72.8 Å². The van der Waals surface area contributed by atoms with Crippen LogP contribution in [-0.2, 0) is 11.4 Å². The zero-order chi connectivity index (χ0) is 24.7. The van der Waals surface area contributed by atoms with E-state index in [9.17, 15) is 9.18 Å². The molecule has 178 valence electrons. The summed E-state index contributed by atoms with van der Waals surface area (Å²) in [5, 5.41) is 8.23. The van der Waals surface area contributed by atoms with Crippen LogP contribution < -0.4 is 14.9 Å². The summed E-state index contributed by atoms with van der Waals surface area (Å²) >= 11 is 0. The molecule has 0 spiro atoms. The maximum atomic E-state index is 13.2. The number of hydrogen-bond acceptors (Lipinski definition) is 4. The fourth-order valence-corrected chi connectivity index (χ4v) is 3.88. The van der Waals surface area contributed by atoms with Gasteiger partial charge < -0.3 is 9.47 Å². The zero-order valence-corrected chi connectivity index (χ0v) is 19.4. The number of rotatable bonds is 8. The van der Waals surface area contributed by atoms with E-state index >= 15 is 0 Å². The molecule has 5 rings (SSSR count). The number of amides is 1. The Kier molecular flexibility index (Phi) is 6.85. The maximum Gasteiger partial charge on any atom is 0.277 e. The third-order valence-corrected chi connectivity index (χ3v) is 5.71. The maximum absolute atomic E-state index is 13.2. The lowest BCUT2D eigenvalue weighted by molar-refractivity contribution is -0.123. The average molecular weight is 479 g/mol. The largest absolute Gasteiger partial charge is 0.488 e. The van der Waals surface area contributed by atoms with Crippen molar-refractivity contribution in [2.75, 3.05) is 6.61 Å². The van der Waals surface area contributed by atoms with Crippen LogP contribution in [0.4, 0.5) is 4.39 Å². The topological polar surface area (TPSA) is 59.9 Å². The summed E-state index contributed by atoms with van der Waals surface area (Å²) in [6.07, 6.45) is 1.57. The van der Waals surface area contributed by atoms with Gasteiger partial charge in [-0.3, -0.25) is 4.79 Å². The molecule has 0 fully saturated rings. The molecule has 0 radical (unpaired) electrons. The van der Waals surface area contributed by atoms with Crippen molar-refractivity contribution in [3.8, 4) is 11.5 Å². The number of nitrogens with zero attached hydrogens (tertiary/aromatic N) is 1. The first kappa shape index (κ1) is 23.1. The van der Waals surface area contributed by atoms with Crippen LogP contribution in [0.5, 0.6) is 11.5 Å². The van der Waals surface area contributed by atoms with Gasteiger partial charge in [0.15, 0.2) is 6.61 Å². The standard InChI is InChI=1S/C30H23FN2O3/c31-25-13-9-21(10-14-25)19-36-29-16-12-23-6-3-4-8-27(23)28(29)18-32-33-30(34)20-35-26-15-11-22-5-1-2-7-24(22)17-26/h1-18H,19-20H2,(H,33,34)/b32-18-. The molecular formula is C30H23FN2O3. The average Bonchev–Trinajstić information content (AvgIpc) is 2.92. The first-order valence-corrected chi connectivity index (χ1v) is 11.5.